The molecule has 17 heteroatoms. The fourth-order valence-electron chi connectivity index (χ4n) is 10.3. The summed E-state index contributed by atoms with van der Waals surface area (Å²) in [5.41, 5.74) is 6.66. The Hall–Kier alpha value is -6.07. The first-order chi connectivity index (χ1) is 33.3. The van der Waals surface area contributed by atoms with Crippen LogP contribution in [0.5, 0.6) is 0 Å². The van der Waals surface area contributed by atoms with Crippen LogP contribution in [0.1, 0.15) is 87.0 Å². The van der Waals surface area contributed by atoms with E-state index in [9.17, 15) is 19.2 Å². The smallest absolute Gasteiger partial charge is 0.419 e. The van der Waals surface area contributed by atoms with E-state index in [1.807, 2.05) is 102 Å². The van der Waals surface area contributed by atoms with E-state index in [0.29, 0.717) is 94.0 Å². The van der Waals surface area contributed by atoms with Gasteiger partial charge in [-0.05, 0) is 123 Å². The molecule has 0 spiro atoms. The normalized spacial score (nSPS) is 18.7. The van der Waals surface area contributed by atoms with Crippen LogP contribution in [0.25, 0.3) is 44.3 Å². The highest BCUT2D eigenvalue weighted by Gasteiger charge is 2.42. The minimum atomic E-state index is -0.888. The van der Waals surface area contributed by atoms with Crippen LogP contribution in [0.3, 0.4) is 0 Å². The first-order valence-corrected chi connectivity index (χ1v) is 24.4. The molecule has 6 heterocycles. The maximum atomic E-state index is 15.6. The van der Waals surface area contributed by atoms with Crippen molar-refractivity contribution >= 4 is 74.8 Å². The number of amides is 2. The third-order valence-corrected chi connectivity index (χ3v) is 13.9. The molecule has 70 heavy (non-hydrogen) atoms. The molecule has 6 aromatic rings. The average molecular weight is 988 g/mol. The molecule has 2 saturated heterocycles. The lowest BCUT2D eigenvalue weighted by atomic mass is 9.87. The lowest BCUT2D eigenvalue weighted by Gasteiger charge is -2.26. The quantitative estimate of drug-likeness (QED) is 0.116. The van der Waals surface area contributed by atoms with Gasteiger partial charge in [0, 0.05) is 84.3 Å². The van der Waals surface area contributed by atoms with Crippen molar-refractivity contribution in [3.8, 4) is 22.5 Å². The summed E-state index contributed by atoms with van der Waals surface area (Å²) >= 11 is 14.0. The van der Waals surface area contributed by atoms with Crippen LogP contribution >= 0.6 is 23.2 Å². The van der Waals surface area contributed by atoms with Crippen LogP contribution in [-0.2, 0) is 50.0 Å². The summed E-state index contributed by atoms with van der Waals surface area (Å²) in [7, 11) is 0. The van der Waals surface area contributed by atoms with Gasteiger partial charge in [-0.15, -0.1) is 0 Å². The number of halogens is 2. The molecule has 10 rings (SSSR count). The van der Waals surface area contributed by atoms with E-state index in [1.165, 1.54) is 0 Å². The van der Waals surface area contributed by atoms with E-state index < -0.39 is 35.5 Å². The van der Waals surface area contributed by atoms with Crippen molar-refractivity contribution in [2.45, 2.75) is 91.0 Å². The third kappa shape index (κ3) is 9.22. The number of Topliss-reactive ketones (excluding diaryl/α,β-unsaturated/α-hetero) is 1. The number of piperazine rings is 2. The number of ketones is 1. The van der Waals surface area contributed by atoms with Gasteiger partial charge in [-0.25, -0.2) is 18.7 Å². The minimum absolute atomic E-state index is 0.0175. The molecular weight excluding hydrogens is 932 g/mol. The van der Waals surface area contributed by atoms with Crippen LogP contribution in [0.15, 0.2) is 72.8 Å². The standard InChI is InChI=1S/C53H56Cl2N8O7/c1-52(2,3)69-50(67)62-39-13-7-29(25-60-17-15-56-43(64)27-60)19-31(39)21-41(62)33-9-11-37(54)35-23-58-47(45(33)35)49(66)48-46-34(10-12-38(55)36(46)24-59-48)42-22-32-20-30(26-61-18-16-57-44(65)28-61)8-14-40(32)63(42)51(68)70-53(4,5)6/h7-14,19-22,47-48,58-59H,15-18,23-28H2,1-6H3,(H,56,64)(H,57,65). The molecule has 4 N–H and O–H groups in total. The van der Waals surface area contributed by atoms with Crippen molar-refractivity contribution in [1.29, 1.82) is 0 Å². The summed E-state index contributed by atoms with van der Waals surface area (Å²) in [4.78, 5) is 72.8. The highest BCUT2D eigenvalue weighted by atomic mass is 35.5. The Labute approximate surface area is 415 Å². The molecule has 4 aliphatic rings. The van der Waals surface area contributed by atoms with Gasteiger partial charge in [0.25, 0.3) is 0 Å². The summed E-state index contributed by atoms with van der Waals surface area (Å²) in [6.45, 7) is 15.8. The molecule has 2 aromatic heterocycles. The van der Waals surface area contributed by atoms with Crippen molar-refractivity contribution in [1.82, 2.24) is 40.2 Å². The van der Waals surface area contributed by atoms with Gasteiger partial charge < -0.3 is 20.1 Å². The predicted octanol–water partition coefficient (Wildman–Crippen LogP) is 8.22. The van der Waals surface area contributed by atoms with Crippen LogP contribution in [0.4, 0.5) is 9.59 Å². The maximum absolute atomic E-state index is 15.6. The van der Waals surface area contributed by atoms with Gasteiger partial charge in [0.05, 0.1) is 47.6 Å². The number of fused-ring (bicyclic) bond motifs is 4. The number of aromatic nitrogens is 2. The number of ether oxygens (including phenoxy) is 2. The van der Waals surface area contributed by atoms with E-state index in [2.05, 4.69) is 31.1 Å². The number of nitrogens with zero attached hydrogens (tertiary/aromatic N) is 4. The van der Waals surface area contributed by atoms with Gasteiger partial charge in [0.15, 0.2) is 5.78 Å². The molecule has 0 radical (unpaired) electrons. The Morgan fingerprint density at radius 1 is 0.600 bits per heavy atom. The minimum Gasteiger partial charge on any atom is -0.443 e. The molecule has 0 bridgehead atoms. The number of hydrogen-bond acceptors (Lipinski definition) is 11. The summed E-state index contributed by atoms with van der Waals surface area (Å²) < 4.78 is 15.2. The first kappa shape index (κ1) is 47.6. The zero-order valence-corrected chi connectivity index (χ0v) is 41.6. The first-order valence-electron chi connectivity index (χ1n) is 23.7. The predicted molar refractivity (Wildman–Crippen MR) is 269 cm³/mol. The van der Waals surface area contributed by atoms with Gasteiger partial charge in [-0.2, -0.15) is 0 Å². The van der Waals surface area contributed by atoms with Crippen molar-refractivity contribution in [2.75, 3.05) is 39.3 Å². The Morgan fingerprint density at radius 2 is 1.01 bits per heavy atom. The Kier molecular flexibility index (Phi) is 12.4. The molecule has 0 saturated carbocycles. The molecule has 15 nitrogen and oxygen atoms in total. The van der Waals surface area contributed by atoms with E-state index in [4.69, 9.17) is 32.7 Å². The second-order valence-corrected chi connectivity index (χ2v) is 21.4. The Balaban J connectivity index is 1.06. The number of benzene rings is 4. The van der Waals surface area contributed by atoms with Gasteiger partial charge in [0.1, 0.15) is 11.2 Å². The van der Waals surface area contributed by atoms with Crippen LogP contribution in [0, 0.1) is 0 Å². The summed E-state index contributed by atoms with van der Waals surface area (Å²) in [6.07, 6.45) is -1.15. The molecule has 2 fully saturated rings. The molecule has 2 unspecified atom stereocenters. The van der Waals surface area contributed by atoms with E-state index in [0.717, 1.165) is 46.1 Å². The van der Waals surface area contributed by atoms with Crippen molar-refractivity contribution in [3.63, 3.8) is 0 Å². The molecule has 2 atom stereocenters. The van der Waals surface area contributed by atoms with Crippen LogP contribution in [0.2, 0.25) is 10.0 Å². The van der Waals surface area contributed by atoms with Gasteiger partial charge in [-0.1, -0.05) is 47.5 Å². The molecule has 0 aliphatic carbocycles. The fraction of sp³-hybridized carbons (Fsp3) is 0.377. The van der Waals surface area contributed by atoms with Crippen molar-refractivity contribution in [2.24, 2.45) is 0 Å². The topological polar surface area (TPSA) is 168 Å². The number of nitrogens with one attached hydrogen (secondary N) is 4. The molecule has 4 aliphatic heterocycles. The third-order valence-electron chi connectivity index (χ3n) is 13.2. The van der Waals surface area contributed by atoms with E-state index in [-0.39, 0.29) is 30.7 Å². The number of carbonyl (C=O) groups excluding carboxylic acids is 5. The second kappa shape index (κ2) is 18.3. The fourth-order valence-corrected chi connectivity index (χ4v) is 10.8. The number of hydrogen-bond donors (Lipinski definition) is 4. The Bertz CT molecular complexity index is 2960. The molecule has 364 valence electrons. The van der Waals surface area contributed by atoms with Gasteiger partial charge >= 0.3 is 12.2 Å². The molecule has 4 aromatic carbocycles. The van der Waals surface area contributed by atoms with Crippen LogP contribution < -0.4 is 21.3 Å². The second-order valence-electron chi connectivity index (χ2n) is 20.6. The summed E-state index contributed by atoms with van der Waals surface area (Å²) in [5.74, 6) is -0.239. The summed E-state index contributed by atoms with van der Waals surface area (Å²) in [5, 5.41) is 15.2. The van der Waals surface area contributed by atoms with E-state index in [1.54, 1.807) is 21.3 Å². The lowest BCUT2D eigenvalue weighted by Crippen LogP contribution is -2.47. The maximum Gasteiger partial charge on any atom is 0.419 e. The zero-order valence-electron chi connectivity index (χ0n) is 40.1. The SMILES string of the molecule is CC(C)(C)OC(=O)n1c(-c2ccc(Cl)c3c2C(C(=O)C2NCc4c(Cl)ccc(-c5cc6cc(CN7CCNC(=O)C7)ccc6n5C(=O)OC(C)(C)C)c42)NC3)cc2cc(CN3CCNC(=O)C3)ccc21. The highest BCUT2D eigenvalue weighted by Crippen LogP contribution is 2.47. The molecule has 2 amide bonds. The monoisotopic (exact) mass is 986 g/mol. The highest BCUT2D eigenvalue weighted by molar-refractivity contribution is 6.32. The lowest BCUT2D eigenvalue weighted by molar-refractivity contribution is -0.125. The largest absolute Gasteiger partial charge is 0.443 e. The van der Waals surface area contributed by atoms with E-state index >= 15 is 4.79 Å². The number of rotatable bonds is 8. The van der Waals surface area contributed by atoms with Crippen LogP contribution in [-0.4, -0.2) is 99.2 Å². The number of carbonyl (C=O) groups is 5. The average Bonchev–Trinajstić information content (AvgIpc) is 4.09. The zero-order chi connectivity index (χ0) is 49.4. The van der Waals surface area contributed by atoms with Crippen molar-refractivity contribution in [3.05, 3.63) is 116 Å². The molecular formula is C53H56Cl2N8O7. The Morgan fingerprint density at radius 3 is 1.40 bits per heavy atom. The van der Waals surface area contributed by atoms with Gasteiger partial charge in [0.2, 0.25) is 11.8 Å². The van der Waals surface area contributed by atoms with Crippen molar-refractivity contribution < 1.29 is 33.4 Å². The van der Waals surface area contributed by atoms with Gasteiger partial charge in [-0.3, -0.25) is 34.8 Å². The summed E-state index contributed by atoms with van der Waals surface area (Å²) in [6, 6.07) is 21.2.